The maximum Gasteiger partial charge on any atom is 0.0667 e. The summed E-state index contributed by atoms with van der Waals surface area (Å²) in [5.74, 6) is 0. The number of hydrogen-bond donors (Lipinski definition) is 8. The van der Waals surface area contributed by atoms with Gasteiger partial charge in [-0.15, -0.1) is 0 Å². The summed E-state index contributed by atoms with van der Waals surface area (Å²) in [6.45, 7) is 31.9. The molecule has 0 aliphatic heterocycles. The molecule has 0 saturated carbocycles. The fourth-order valence-electron chi connectivity index (χ4n) is 19.5. The average molecular weight is 1780 g/mol. The largest absolute Gasteiger partial charge is 0.392 e. The van der Waals surface area contributed by atoms with E-state index in [4.69, 9.17) is 0 Å². The fraction of sp³-hybridized carbons (Fsp3) is 1.00. The Labute approximate surface area is 782 Å². The van der Waals surface area contributed by atoms with Crippen molar-refractivity contribution in [3.63, 3.8) is 0 Å². The van der Waals surface area contributed by atoms with E-state index in [1.165, 1.54) is 360 Å². The minimum atomic E-state index is -0.418. The maximum absolute atomic E-state index is 11.8. The van der Waals surface area contributed by atoms with Crippen molar-refractivity contribution in [2.75, 3.05) is 118 Å². The molecule has 0 bridgehead atoms. The van der Waals surface area contributed by atoms with E-state index in [2.05, 4.69) is 84.8 Å². The molecule has 125 heavy (non-hydrogen) atoms. The molecule has 0 aliphatic carbocycles. The third kappa shape index (κ3) is 91.0. The number of aliphatic hydroxyl groups excluding tert-OH is 8. The highest BCUT2D eigenvalue weighted by Gasteiger charge is 2.23. The normalized spacial score (nSPS) is 14.3. The number of hydrogen-bond acceptors (Lipinski definition) is 14. The zero-order chi connectivity index (χ0) is 91.3. The molecular formula is C111H230N6O8. The molecule has 0 fully saturated rings. The van der Waals surface area contributed by atoms with Crippen LogP contribution in [0.1, 0.15) is 550 Å². The van der Waals surface area contributed by atoms with Crippen molar-refractivity contribution in [1.29, 1.82) is 0 Å². The molecule has 0 aromatic carbocycles. The van der Waals surface area contributed by atoms with Crippen LogP contribution in [0.3, 0.4) is 0 Å². The lowest BCUT2D eigenvalue weighted by Crippen LogP contribution is -2.42. The van der Waals surface area contributed by atoms with Crippen LogP contribution >= 0.6 is 0 Å². The molecule has 8 atom stereocenters. The maximum atomic E-state index is 11.8. The van der Waals surface area contributed by atoms with Crippen molar-refractivity contribution in [2.45, 2.75) is 599 Å². The van der Waals surface area contributed by atoms with Gasteiger partial charge in [0.2, 0.25) is 0 Å². The van der Waals surface area contributed by atoms with Gasteiger partial charge >= 0.3 is 0 Å². The fourth-order valence-corrected chi connectivity index (χ4v) is 19.5. The van der Waals surface area contributed by atoms with Crippen molar-refractivity contribution in [2.24, 2.45) is 0 Å². The van der Waals surface area contributed by atoms with E-state index in [1.54, 1.807) is 0 Å². The Balaban J connectivity index is 7.63. The second kappa shape index (κ2) is 99.4. The minimum absolute atomic E-state index is 0.418. The van der Waals surface area contributed by atoms with Gasteiger partial charge in [-0.1, -0.05) is 466 Å². The summed E-state index contributed by atoms with van der Waals surface area (Å²) in [7, 11) is 0. The molecular weight excluding hydrogens is 1550 g/mol. The van der Waals surface area contributed by atoms with Crippen LogP contribution in [0.5, 0.6) is 0 Å². The standard InChI is InChI=1S/C111H230N6O8/c1-9-17-25-33-41-49-57-65-78-104(118)96-114(97-105(119)79-66-58-50-42-34-26-18-10-2)92-74-88-112(89-75-93-115(98-106(120)80-67-59-51-43-35-27-19-11-3)99-107(121)81-68-60-52-44-36-28-20-12-4)86-73-87-113(90-76-94-116(100-108(122)82-69-61-53-45-37-29-21-13-5)101-109(123)83-70-62-54-46-38-30-22-14-6)91-77-95-117(102-110(124)84-71-63-55-47-39-31-23-15-7)103-111(125)85-72-64-56-48-40-32-24-16-8/h104-111,118-125H,9-103H2,1-8H3. The van der Waals surface area contributed by atoms with Gasteiger partial charge in [0, 0.05) is 52.4 Å². The van der Waals surface area contributed by atoms with Crippen LogP contribution in [0, 0.1) is 0 Å². The molecule has 0 radical (unpaired) electrons. The van der Waals surface area contributed by atoms with Crippen LogP contribution in [0.2, 0.25) is 0 Å². The lowest BCUT2D eigenvalue weighted by molar-refractivity contribution is 0.0558. The van der Waals surface area contributed by atoms with Crippen LogP contribution in [-0.2, 0) is 0 Å². The summed E-state index contributed by atoms with van der Waals surface area (Å²) in [6, 6.07) is 0. The lowest BCUT2D eigenvalue weighted by Gasteiger charge is -2.32. The van der Waals surface area contributed by atoms with Crippen LogP contribution in [0.15, 0.2) is 0 Å². The molecule has 0 spiro atoms. The first kappa shape index (κ1) is 124. The molecule has 0 saturated heterocycles. The summed E-state index contributed by atoms with van der Waals surface area (Å²) in [5.41, 5.74) is 0. The molecule has 0 amide bonds. The highest BCUT2D eigenvalue weighted by molar-refractivity contribution is 4.78. The first-order valence-electron chi connectivity index (χ1n) is 56.9. The number of nitrogens with zero attached hydrogens (tertiary/aromatic N) is 6. The summed E-state index contributed by atoms with van der Waals surface area (Å²) in [5, 5.41) is 94.6. The molecule has 8 N–H and O–H groups in total. The first-order valence-corrected chi connectivity index (χ1v) is 56.9. The van der Waals surface area contributed by atoms with Crippen molar-refractivity contribution in [1.82, 2.24) is 29.4 Å². The average Bonchev–Trinajstić information content (AvgIpc) is 0.931. The van der Waals surface area contributed by atoms with Gasteiger partial charge in [0.25, 0.3) is 0 Å². The van der Waals surface area contributed by atoms with Gasteiger partial charge in [-0.2, -0.15) is 0 Å². The molecule has 752 valence electrons. The van der Waals surface area contributed by atoms with Crippen molar-refractivity contribution in [3.8, 4) is 0 Å². The van der Waals surface area contributed by atoms with Gasteiger partial charge in [-0.05, 0) is 149 Å². The number of aliphatic hydroxyl groups is 8. The lowest BCUT2D eigenvalue weighted by atomic mass is 10.0. The molecule has 0 aromatic heterocycles. The van der Waals surface area contributed by atoms with Crippen LogP contribution in [-0.4, -0.2) is 237 Å². The van der Waals surface area contributed by atoms with Gasteiger partial charge in [0.1, 0.15) is 0 Å². The van der Waals surface area contributed by atoms with Gasteiger partial charge in [-0.25, -0.2) is 0 Å². The number of rotatable bonds is 108. The Morgan fingerprint density at radius 3 is 0.304 bits per heavy atom. The predicted octanol–water partition coefficient (Wildman–Crippen LogP) is 27.9. The van der Waals surface area contributed by atoms with Crippen molar-refractivity contribution < 1.29 is 40.9 Å². The molecule has 14 heteroatoms. The van der Waals surface area contributed by atoms with Crippen LogP contribution in [0.4, 0.5) is 0 Å². The third-order valence-electron chi connectivity index (χ3n) is 27.6. The van der Waals surface area contributed by atoms with Gasteiger partial charge in [0.15, 0.2) is 0 Å². The number of unbranched alkanes of at least 4 members (excludes halogenated alkanes) is 56. The van der Waals surface area contributed by atoms with Crippen LogP contribution < -0.4 is 0 Å². The Morgan fingerprint density at radius 1 is 0.112 bits per heavy atom. The van der Waals surface area contributed by atoms with Gasteiger partial charge < -0.3 is 50.7 Å². The second-order valence-corrected chi connectivity index (χ2v) is 40.8. The Hall–Kier alpha value is -0.560. The molecule has 0 rings (SSSR count). The van der Waals surface area contributed by atoms with E-state index in [1.807, 2.05) is 0 Å². The highest BCUT2D eigenvalue weighted by Crippen LogP contribution is 2.23. The quantitative estimate of drug-likeness (QED) is 0.0269. The zero-order valence-electron chi connectivity index (χ0n) is 86.1. The summed E-state index contributed by atoms with van der Waals surface area (Å²) in [6.07, 6.45) is 87.6. The molecule has 0 aromatic rings. The summed E-state index contributed by atoms with van der Waals surface area (Å²) in [4.78, 5) is 15.1. The Morgan fingerprint density at radius 2 is 0.200 bits per heavy atom. The van der Waals surface area contributed by atoms with E-state index < -0.39 is 48.8 Å². The topological polar surface area (TPSA) is 181 Å². The van der Waals surface area contributed by atoms with Gasteiger partial charge in [-0.3, -0.25) is 19.6 Å². The molecule has 14 nitrogen and oxygen atoms in total. The highest BCUT2D eigenvalue weighted by atomic mass is 16.3. The first-order chi connectivity index (χ1) is 61.2. The van der Waals surface area contributed by atoms with E-state index in [0.717, 1.165) is 200 Å². The second-order valence-electron chi connectivity index (χ2n) is 40.8. The molecule has 0 heterocycles. The van der Waals surface area contributed by atoms with Gasteiger partial charge in [0.05, 0.1) is 48.8 Å². The van der Waals surface area contributed by atoms with Crippen molar-refractivity contribution in [3.05, 3.63) is 0 Å². The Bertz CT molecular complexity index is 1640. The van der Waals surface area contributed by atoms with Crippen molar-refractivity contribution >= 4 is 0 Å². The SMILES string of the molecule is CCCCCCCCCCC(O)CN(CCCN(CCCN(CCCN(CC(O)CCCCCCCCCC)CC(O)CCCCCCCCCC)CCCN(CC(O)CCCCCCCCCC)CC(O)CCCCCCCCCC)CCCN(CC(O)CCCCCCCCCC)CC(O)CCCCCCCCCC)CC(O)CCCCCCCCCC. The Kier molecular flexibility index (Phi) is 99.0. The third-order valence-corrected chi connectivity index (χ3v) is 27.6. The van der Waals surface area contributed by atoms with E-state index in [9.17, 15) is 40.9 Å². The smallest absolute Gasteiger partial charge is 0.0667 e. The zero-order valence-corrected chi connectivity index (χ0v) is 86.1. The summed E-state index contributed by atoms with van der Waals surface area (Å²) >= 11 is 0. The van der Waals surface area contributed by atoms with E-state index >= 15 is 0 Å². The molecule has 8 unspecified atom stereocenters. The molecule has 0 aliphatic rings. The van der Waals surface area contributed by atoms with Crippen LogP contribution in [0.25, 0.3) is 0 Å². The van der Waals surface area contributed by atoms with E-state index in [-0.39, 0.29) is 0 Å². The summed E-state index contributed by atoms with van der Waals surface area (Å²) < 4.78 is 0. The monoisotopic (exact) mass is 1780 g/mol. The van der Waals surface area contributed by atoms with E-state index in [0.29, 0.717) is 52.4 Å². The minimum Gasteiger partial charge on any atom is -0.392 e. The predicted molar refractivity (Wildman–Crippen MR) is 548 cm³/mol.